The van der Waals surface area contributed by atoms with E-state index < -0.39 is 5.92 Å². The van der Waals surface area contributed by atoms with Crippen LogP contribution < -0.4 is 11.1 Å². The van der Waals surface area contributed by atoms with Gasteiger partial charge in [0.2, 0.25) is 5.91 Å². The number of amidine groups is 1. The number of nitrogens with two attached hydrogens (primary N) is 1. The van der Waals surface area contributed by atoms with E-state index in [2.05, 4.69) is 20.4 Å². The van der Waals surface area contributed by atoms with Crippen molar-refractivity contribution < 1.29 is 10.0 Å². The number of carbonyl (C=O) groups is 1. The lowest BCUT2D eigenvalue weighted by atomic mass is 9.97. The Balaban J connectivity index is 2.01. The first-order chi connectivity index (χ1) is 10.2. The molecule has 2 aromatic rings. The summed E-state index contributed by atoms with van der Waals surface area (Å²) >= 11 is 0. The maximum atomic E-state index is 12.3. The SMILES string of the molecule is N/C(=N/O)C(C(=O)NCCc1ncc[nH]1)c1ccccc1. The lowest BCUT2D eigenvalue weighted by Crippen LogP contribution is -2.38. The van der Waals surface area contributed by atoms with Gasteiger partial charge in [0.1, 0.15) is 11.7 Å². The van der Waals surface area contributed by atoms with E-state index in [-0.39, 0.29) is 11.7 Å². The van der Waals surface area contributed by atoms with Gasteiger partial charge in [-0.1, -0.05) is 35.5 Å². The molecule has 1 aromatic heterocycles. The number of oxime groups is 1. The number of benzene rings is 1. The molecular formula is C14H17N5O2. The summed E-state index contributed by atoms with van der Waals surface area (Å²) in [5.74, 6) is -0.483. The third-order valence-corrected chi connectivity index (χ3v) is 3.02. The summed E-state index contributed by atoms with van der Waals surface area (Å²) in [7, 11) is 0. The molecule has 0 aliphatic heterocycles. The van der Waals surface area contributed by atoms with E-state index in [4.69, 9.17) is 10.9 Å². The molecule has 0 radical (unpaired) electrons. The average Bonchev–Trinajstić information content (AvgIpc) is 3.01. The van der Waals surface area contributed by atoms with Gasteiger partial charge in [-0.15, -0.1) is 0 Å². The van der Waals surface area contributed by atoms with Crippen molar-refractivity contribution in [2.24, 2.45) is 10.9 Å². The number of rotatable bonds is 6. The Morgan fingerprint density at radius 2 is 2.19 bits per heavy atom. The first-order valence-electron chi connectivity index (χ1n) is 6.50. The van der Waals surface area contributed by atoms with Crippen LogP contribution in [0.1, 0.15) is 17.3 Å². The van der Waals surface area contributed by atoms with Crippen molar-refractivity contribution in [1.29, 1.82) is 0 Å². The third kappa shape index (κ3) is 3.82. The molecule has 0 bridgehead atoms. The van der Waals surface area contributed by atoms with Crippen molar-refractivity contribution in [3.8, 4) is 0 Å². The highest BCUT2D eigenvalue weighted by Crippen LogP contribution is 2.15. The summed E-state index contributed by atoms with van der Waals surface area (Å²) in [6.07, 6.45) is 3.96. The van der Waals surface area contributed by atoms with Crippen LogP contribution in [0, 0.1) is 0 Å². The Morgan fingerprint density at radius 3 is 2.81 bits per heavy atom. The molecule has 0 aliphatic carbocycles. The maximum Gasteiger partial charge on any atom is 0.235 e. The second kappa shape index (κ2) is 7.09. The molecule has 0 fully saturated rings. The first kappa shape index (κ1) is 14.6. The number of nitrogens with one attached hydrogen (secondary N) is 2. The minimum absolute atomic E-state index is 0.142. The summed E-state index contributed by atoms with van der Waals surface area (Å²) < 4.78 is 0. The van der Waals surface area contributed by atoms with Gasteiger partial charge >= 0.3 is 0 Å². The van der Waals surface area contributed by atoms with E-state index in [1.54, 1.807) is 36.7 Å². The minimum Gasteiger partial charge on any atom is -0.409 e. The van der Waals surface area contributed by atoms with Gasteiger partial charge in [0, 0.05) is 25.4 Å². The Kier molecular flexibility index (Phi) is 4.92. The van der Waals surface area contributed by atoms with Crippen LogP contribution in [0.3, 0.4) is 0 Å². The van der Waals surface area contributed by atoms with Crippen LogP contribution >= 0.6 is 0 Å². The van der Waals surface area contributed by atoms with Crippen LogP contribution in [-0.4, -0.2) is 33.5 Å². The third-order valence-electron chi connectivity index (χ3n) is 3.02. The van der Waals surface area contributed by atoms with Gasteiger partial charge in [-0.3, -0.25) is 4.79 Å². The number of nitrogens with zero attached hydrogens (tertiary/aromatic N) is 2. The zero-order valence-corrected chi connectivity index (χ0v) is 11.4. The van der Waals surface area contributed by atoms with Crippen LogP contribution in [0.25, 0.3) is 0 Å². The Hall–Kier alpha value is -2.83. The van der Waals surface area contributed by atoms with Gasteiger partial charge in [-0.25, -0.2) is 4.98 Å². The largest absolute Gasteiger partial charge is 0.409 e. The van der Waals surface area contributed by atoms with Crippen LogP contribution in [-0.2, 0) is 11.2 Å². The van der Waals surface area contributed by atoms with Crippen molar-refractivity contribution in [3.05, 3.63) is 54.1 Å². The quantitative estimate of drug-likeness (QED) is 0.269. The predicted octanol–water partition coefficient (Wildman–Crippen LogP) is 0.599. The smallest absolute Gasteiger partial charge is 0.235 e. The van der Waals surface area contributed by atoms with E-state index >= 15 is 0 Å². The molecule has 0 saturated heterocycles. The molecular weight excluding hydrogens is 270 g/mol. The van der Waals surface area contributed by atoms with Gasteiger partial charge in [0.25, 0.3) is 0 Å². The van der Waals surface area contributed by atoms with Crippen molar-refractivity contribution in [3.63, 3.8) is 0 Å². The zero-order valence-electron chi connectivity index (χ0n) is 11.4. The molecule has 5 N–H and O–H groups in total. The molecule has 110 valence electrons. The Labute approximate surface area is 121 Å². The van der Waals surface area contributed by atoms with Crippen molar-refractivity contribution >= 4 is 11.7 Å². The molecule has 0 saturated carbocycles. The number of hydrogen-bond donors (Lipinski definition) is 4. The minimum atomic E-state index is -0.812. The highest BCUT2D eigenvalue weighted by molar-refractivity contribution is 6.07. The summed E-state index contributed by atoms with van der Waals surface area (Å²) in [5.41, 5.74) is 6.31. The summed E-state index contributed by atoms with van der Waals surface area (Å²) in [5, 5.41) is 14.6. The molecule has 21 heavy (non-hydrogen) atoms. The molecule has 1 atom stereocenters. The van der Waals surface area contributed by atoms with Crippen molar-refractivity contribution in [2.45, 2.75) is 12.3 Å². The second-order valence-corrected chi connectivity index (χ2v) is 4.45. The average molecular weight is 287 g/mol. The first-order valence-corrected chi connectivity index (χ1v) is 6.50. The van der Waals surface area contributed by atoms with Gasteiger partial charge in [-0.05, 0) is 5.56 Å². The van der Waals surface area contributed by atoms with Gasteiger partial charge in [0.15, 0.2) is 5.84 Å². The van der Waals surface area contributed by atoms with Gasteiger partial charge in [0.05, 0.1) is 0 Å². The molecule has 1 amide bonds. The molecule has 2 rings (SSSR count). The lowest BCUT2D eigenvalue weighted by molar-refractivity contribution is -0.121. The van der Waals surface area contributed by atoms with Crippen molar-refractivity contribution in [1.82, 2.24) is 15.3 Å². The van der Waals surface area contributed by atoms with Gasteiger partial charge < -0.3 is 21.2 Å². The van der Waals surface area contributed by atoms with Crippen LogP contribution in [0.15, 0.2) is 47.9 Å². The number of aromatic nitrogens is 2. The number of hydrogen-bond acceptors (Lipinski definition) is 4. The van der Waals surface area contributed by atoms with E-state index in [1.165, 1.54) is 0 Å². The maximum absolute atomic E-state index is 12.3. The fourth-order valence-corrected chi connectivity index (χ4v) is 2.00. The molecule has 7 heteroatoms. The summed E-state index contributed by atoms with van der Waals surface area (Å²) in [4.78, 5) is 19.3. The highest BCUT2D eigenvalue weighted by Gasteiger charge is 2.24. The Morgan fingerprint density at radius 1 is 1.43 bits per heavy atom. The molecule has 7 nitrogen and oxygen atoms in total. The van der Waals surface area contributed by atoms with Crippen LogP contribution in [0.2, 0.25) is 0 Å². The molecule has 0 aliphatic rings. The Bertz CT molecular complexity index is 595. The van der Waals surface area contributed by atoms with E-state index in [1.807, 2.05) is 6.07 Å². The zero-order chi connectivity index (χ0) is 15.1. The van der Waals surface area contributed by atoms with E-state index in [0.29, 0.717) is 18.5 Å². The number of H-pyrrole nitrogens is 1. The normalized spacial score (nSPS) is 12.9. The van der Waals surface area contributed by atoms with Crippen LogP contribution in [0.5, 0.6) is 0 Å². The fourth-order valence-electron chi connectivity index (χ4n) is 2.00. The number of imidazole rings is 1. The predicted molar refractivity (Wildman–Crippen MR) is 77.9 cm³/mol. The molecule has 0 spiro atoms. The van der Waals surface area contributed by atoms with Crippen molar-refractivity contribution in [2.75, 3.05) is 6.54 Å². The number of carbonyl (C=O) groups excluding carboxylic acids is 1. The standard InChI is InChI=1S/C14H17N5O2/c15-13(19-21)12(10-4-2-1-3-5-10)14(20)18-7-6-11-16-8-9-17-11/h1-5,8-9,12,21H,6-7H2,(H2,15,19)(H,16,17)(H,18,20). The molecule has 1 heterocycles. The van der Waals surface area contributed by atoms with Gasteiger partial charge in [-0.2, -0.15) is 0 Å². The summed E-state index contributed by atoms with van der Waals surface area (Å²) in [6.45, 7) is 0.411. The fraction of sp³-hybridized carbons (Fsp3) is 0.214. The lowest BCUT2D eigenvalue weighted by Gasteiger charge is -2.15. The summed E-state index contributed by atoms with van der Waals surface area (Å²) in [6, 6.07) is 8.94. The number of amides is 1. The number of aromatic amines is 1. The highest BCUT2D eigenvalue weighted by atomic mass is 16.4. The topological polar surface area (TPSA) is 116 Å². The molecule has 1 unspecified atom stereocenters. The van der Waals surface area contributed by atoms with Crippen LogP contribution in [0.4, 0.5) is 0 Å². The second-order valence-electron chi connectivity index (χ2n) is 4.45. The van der Waals surface area contributed by atoms with E-state index in [0.717, 1.165) is 5.82 Å². The monoisotopic (exact) mass is 287 g/mol. The molecule has 1 aromatic carbocycles. The van der Waals surface area contributed by atoms with E-state index in [9.17, 15) is 4.79 Å².